The van der Waals surface area contributed by atoms with Crippen LogP contribution in [0.5, 0.6) is 5.75 Å². The lowest BCUT2D eigenvalue weighted by Gasteiger charge is -2.07. The molecule has 5 heteroatoms. The fourth-order valence-electron chi connectivity index (χ4n) is 1.36. The number of benzene rings is 1. The number of nitrogens with zero attached hydrogens (tertiary/aromatic N) is 1. The molecule has 0 amide bonds. The lowest BCUT2D eigenvalue weighted by atomic mass is 10.2. The molecule has 0 atom stereocenters. The van der Waals surface area contributed by atoms with E-state index in [2.05, 4.69) is 20.9 Å². The van der Waals surface area contributed by atoms with Gasteiger partial charge in [-0.25, -0.2) is 4.39 Å². The molecule has 1 aromatic carbocycles. The van der Waals surface area contributed by atoms with E-state index < -0.39 is 0 Å². The van der Waals surface area contributed by atoms with E-state index in [1.54, 1.807) is 12.1 Å². The van der Waals surface area contributed by atoms with Gasteiger partial charge in [0.25, 0.3) is 0 Å². The maximum absolute atomic E-state index is 13.0. The van der Waals surface area contributed by atoms with Gasteiger partial charge in [0, 0.05) is 17.0 Å². The molecule has 0 aliphatic rings. The standard InChI is InChI=1S/C11H9BrFNO2/c1-15-6-16-9-3-7-2-8(13)5-14-11(7)10(12)4-9/h2-5H,6H2,1H3. The number of halogens is 2. The molecule has 0 saturated carbocycles. The van der Waals surface area contributed by atoms with Crippen molar-refractivity contribution in [2.75, 3.05) is 13.9 Å². The highest BCUT2D eigenvalue weighted by molar-refractivity contribution is 9.10. The first kappa shape index (κ1) is 11.3. The Bertz CT molecular complexity index is 519. The molecule has 1 heterocycles. The predicted octanol–water partition coefficient (Wildman–Crippen LogP) is 3.12. The van der Waals surface area contributed by atoms with Gasteiger partial charge in [-0.2, -0.15) is 0 Å². The number of hydrogen-bond donors (Lipinski definition) is 0. The smallest absolute Gasteiger partial charge is 0.188 e. The van der Waals surface area contributed by atoms with Gasteiger partial charge in [-0.05, 0) is 34.1 Å². The highest BCUT2D eigenvalue weighted by Crippen LogP contribution is 2.28. The Balaban J connectivity index is 2.47. The maximum atomic E-state index is 13.0. The maximum Gasteiger partial charge on any atom is 0.188 e. The van der Waals surface area contributed by atoms with Crippen LogP contribution in [-0.4, -0.2) is 18.9 Å². The summed E-state index contributed by atoms with van der Waals surface area (Å²) >= 11 is 3.36. The molecule has 0 aliphatic heterocycles. The summed E-state index contributed by atoms with van der Waals surface area (Å²) in [7, 11) is 1.54. The second kappa shape index (κ2) is 4.76. The van der Waals surface area contributed by atoms with Gasteiger partial charge in [-0.1, -0.05) is 0 Å². The zero-order valence-electron chi connectivity index (χ0n) is 8.54. The van der Waals surface area contributed by atoms with Crippen LogP contribution in [0.3, 0.4) is 0 Å². The molecule has 0 bridgehead atoms. The number of aromatic nitrogens is 1. The summed E-state index contributed by atoms with van der Waals surface area (Å²) in [6, 6.07) is 4.90. The largest absolute Gasteiger partial charge is 0.468 e. The van der Waals surface area contributed by atoms with Gasteiger partial charge in [-0.3, -0.25) is 4.98 Å². The highest BCUT2D eigenvalue weighted by atomic mass is 79.9. The highest BCUT2D eigenvalue weighted by Gasteiger charge is 2.05. The van der Waals surface area contributed by atoms with Crippen LogP contribution < -0.4 is 4.74 Å². The van der Waals surface area contributed by atoms with Crippen molar-refractivity contribution in [1.29, 1.82) is 0 Å². The zero-order valence-corrected chi connectivity index (χ0v) is 10.1. The number of ether oxygens (including phenoxy) is 2. The molecule has 0 unspecified atom stereocenters. The second-order valence-corrected chi connectivity index (χ2v) is 4.04. The third-order valence-electron chi connectivity index (χ3n) is 2.02. The molecule has 1 aromatic heterocycles. The van der Waals surface area contributed by atoms with Crippen molar-refractivity contribution in [1.82, 2.24) is 4.98 Å². The first-order chi connectivity index (χ1) is 7.70. The van der Waals surface area contributed by atoms with Crippen LogP contribution in [0.15, 0.2) is 28.9 Å². The number of hydrogen-bond acceptors (Lipinski definition) is 3. The Kier molecular flexibility index (Phi) is 3.36. The lowest BCUT2D eigenvalue weighted by molar-refractivity contribution is 0.0512. The van der Waals surface area contributed by atoms with Gasteiger partial charge >= 0.3 is 0 Å². The van der Waals surface area contributed by atoms with E-state index in [1.165, 1.54) is 19.4 Å². The van der Waals surface area contributed by atoms with Crippen LogP contribution in [-0.2, 0) is 4.74 Å². The van der Waals surface area contributed by atoms with Crippen molar-refractivity contribution in [3.05, 3.63) is 34.7 Å². The average Bonchev–Trinajstić information content (AvgIpc) is 2.25. The molecule has 3 nitrogen and oxygen atoms in total. The molecule has 2 aromatic rings. The van der Waals surface area contributed by atoms with Crippen molar-refractivity contribution < 1.29 is 13.9 Å². The van der Waals surface area contributed by atoms with Crippen LogP contribution in [0.4, 0.5) is 4.39 Å². The van der Waals surface area contributed by atoms with Gasteiger partial charge in [0.2, 0.25) is 0 Å². The first-order valence-corrected chi connectivity index (χ1v) is 5.36. The van der Waals surface area contributed by atoms with E-state index in [4.69, 9.17) is 9.47 Å². The summed E-state index contributed by atoms with van der Waals surface area (Å²) in [5.41, 5.74) is 0.700. The van der Waals surface area contributed by atoms with Gasteiger partial charge in [0.05, 0.1) is 11.7 Å². The number of pyridine rings is 1. The Labute approximate surface area is 100 Å². The Morgan fingerprint density at radius 1 is 1.38 bits per heavy atom. The molecular weight excluding hydrogens is 277 g/mol. The van der Waals surface area contributed by atoms with Gasteiger partial charge in [-0.15, -0.1) is 0 Å². The quantitative estimate of drug-likeness (QED) is 0.812. The van der Waals surface area contributed by atoms with E-state index in [9.17, 15) is 4.39 Å². The minimum absolute atomic E-state index is 0.153. The molecule has 0 N–H and O–H groups in total. The van der Waals surface area contributed by atoms with Gasteiger partial charge in [0.15, 0.2) is 6.79 Å². The summed E-state index contributed by atoms with van der Waals surface area (Å²) in [5.74, 6) is 0.233. The third-order valence-corrected chi connectivity index (χ3v) is 2.62. The molecule has 0 fully saturated rings. The van der Waals surface area contributed by atoms with Gasteiger partial charge in [0.1, 0.15) is 11.6 Å². The lowest BCUT2D eigenvalue weighted by Crippen LogP contribution is -1.99. The minimum Gasteiger partial charge on any atom is -0.468 e. The number of methoxy groups -OCH3 is 1. The summed E-state index contributed by atoms with van der Waals surface area (Å²) in [5, 5.41) is 0.681. The number of fused-ring (bicyclic) bond motifs is 1. The molecule has 16 heavy (non-hydrogen) atoms. The first-order valence-electron chi connectivity index (χ1n) is 4.57. The van der Waals surface area contributed by atoms with Crippen LogP contribution in [0.25, 0.3) is 10.9 Å². The second-order valence-electron chi connectivity index (χ2n) is 3.18. The minimum atomic E-state index is -0.372. The normalized spacial score (nSPS) is 10.7. The van der Waals surface area contributed by atoms with Crippen molar-refractivity contribution in [2.45, 2.75) is 0 Å². The molecule has 0 radical (unpaired) electrons. The van der Waals surface area contributed by atoms with E-state index in [-0.39, 0.29) is 12.6 Å². The molecule has 0 spiro atoms. The van der Waals surface area contributed by atoms with Crippen LogP contribution in [0, 0.1) is 5.82 Å². The molecular formula is C11H9BrFNO2. The predicted molar refractivity (Wildman–Crippen MR) is 61.9 cm³/mol. The zero-order chi connectivity index (χ0) is 11.5. The average molecular weight is 286 g/mol. The Hall–Kier alpha value is -1.20. The van der Waals surface area contributed by atoms with E-state index >= 15 is 0 Å². The van der Waals surface area contributed by atoms with Gasteiger partial charge < -0.3 is 9.47 Å². The van der Waals surface area contributed by atoms with Crippen molar-refractivity contribution in [3.8, 4) is 5.75 Å². The Morgan fingerprint density at radius 2 is 2.19 bits per heavy atom. The van der Waals surface area contributed by atoms with Crippen LogP contribution in [0.2, 0.25) is 0 Å². The molecule has 0 saturated heterocycles. The van der Waals surface area contributed by atoms with Crippen molar-refractivity contribution >= 4 is 26.8 Å². The SMILES string of the molecule is COCOc1cc(Br)c2ncc(F)cc2c1. The van der Waals surface area contributed by atoms with Crippen LogP contribution >= 0.6 is 15.9 Å². The summed E-state index contributed by atoms with van der Waals surface area (Å²) in [6.45, 7) is 0.153. The molecule has 2 rings (SSSR count). The fraction of sp³-hybridized carbons (Fsp3) is 0.182. The van der Waals surface area contributed by atoms with Crippen LogP contribution in [0.1, 0.15) is 0 Å². The van der Waals surface area contributed by atoms with Crippen molar-refractivity contribution in [3.63, 3.8) is 0 Å². The number of rotatable bonds is 3. The fourth-order valence-corrected chi connectivity index (χ4v) is 1.92. The summed E-state index contributed by atoms with van der Waals surface area (Å²) in [4.78, 5) is 3.99. The molecule has 84 valence electrons. The van der Waals surface area contributed by atoms with E-state index in [0.717, 1.165) is 4.47 Å². The summed E-state index contributed by atoms with van der Waals surface area (Å²) in [6.07, 6.45) is 1.18. The van der Waals surface area contributed by atoms with Crippen molar-refractivity contribution in [2.24, 2.45) is 0 Å². The van der Waals surface area contributed by atoms with E-state index in [0.29, 0.717) is 16.7 Å². The third kappa shape index (κ3) is 2.31. The van der Waals surface area contributed by atoms with E-state index in [1.807, 2.05) is 0 Å². The summed E-state index contributed by atoms with van der Waals surface area (Å²) < 4.78 is 23.8. The monoisotopic (exact) mass is 285 g/mol. The molecule has 0 aliphatic carbocycles. The Morgan fingerprint density at radius 3 is 2.94 bits per heavy atom. The topological polar surface area (TPSA) is 31.4 Å².